The summed E-state index contributed by atoms with van der Waals surface area (Å²) in [7, 11) is -2.40. The fourth-order valence-electron chi connectivity index (χ4n) is 4.27. The number of hydrogen-bond acceptors (Lipinski definition) is 7. The van der Waals surface area contributed by atoms with Crippen molar-refractivity contribution in [3.05, 3.63) is 54.1 Å². The molecule has 0 radical (unpaired) electrons. The van der Waals surface area contributed by atoms with Crippen LogP contribution < -0.4 is 9.47 Å². The van der Waals surface area contributed by atoms with Crippen molar-refractivity contribution in [1.82, 2.24) is 4.90 Å². The van der Waals surface area contributed by atoms with Crippen LogP contribution in [0.15, 0.2) is 53.4 Å². The molecule has 1 heterocycles. The molecule has 1 aliphatic rings. The number of carbonyl (C=O) groups is 1. The first-order valence-corrected chi connectivity index (χ1v) is 14.0. The molecule has 7 nitrogen and oxygen atoms in total. The molecule has 2 aromatic carbocycles. The summed E-state index contributed by atoms with van der Waals surface area (Å²) in [6.07, 6.45) is 5.70. The van der Waals surface area contributed by atoms with Gasteiger partial charge in [0.15, 0.2) is 15.1 Å². The molecule has 0 amide bonds. The Kier molecular flexibility index (Phi) is 10.4. The van der Waals surface area contributed by atoms with Gasteiger partial charge in [-0.2, -0.15) is 0 Å². The maximum Gasteiger partial charge on any atom is 0.324 e. The van der Waals surface area contributed by atoms with E-state index >= 15 is 0 Å². The van der Waals surface area contributed by atoms with Crippen molar-refractivity contribution in [3.8, 4) is 11.5 Å². The molecule has 1 unspecified atom stereocenters. The van der Waals surface area contributed by atoms with Gasteiger partial charge in [0, 0.05) is 6.54 Å². The Morgan fingerprint density at radius 3 is 2.17 bits per heavy atom. The highest BCUT2D eigenvalue weighted by atomic mass is 32.2. The van der Waals surface area contributed by atoms with Crippen LogP contribution in [0, 0.1) is 0 Å². The summed E-state index contributed by atoms with van der Waals surface area (Å²) >= 11 is 0. The zero-order chi connectivity index (χ0) is 25.1. The number of methoxy groups -OCH3 is 1. The van der Waals surface area contributed by atoms with Crippen LogP contribution in [0.4, 0.5) is 0 Å². The van der Waals surface area contributed by atoms with Gasteiger partial charge in [-0.15, -0.1) is 0 Å². The van der Waals surface area contributed by atoms with Crippen LogP contribution >= 0.6 is 0 Å². The van der Waals surface area contributed by atoms with Gasteiger partial charge in [0.2, 0.25) is 0 Å². The first kappa shape index (κ1) is 27.0. The Bertz CT molecular complexity index is 1010. The van der Waals surface area contributed by atoms with Crippen molar-refractivity contribution in [2.24, 2.45) is 0 Å². The standard InChI is InChI=1S/C27H37NO6S/c1-3-33-27(29)26(35(30,31)25-15-13-23(32-2)14-16-25)17-10-22-8-11-24(12-9-22)34-21-20-28-18-6-4-5-7-19-28/h8-9,11-16,26H,3-7,10,17-21H2,1-2H3. The number of ether oxygens (including phenoxy) is 3. The number of aryl methyl sites for hydroxylation is 1. The molecule has 1 saturated heterocycles. The smallest absolute Gasteiger partial charge is 0.324 e. The van der Waals surface area contributed by atoms with Crippen LogP contribution in [-0.4, -0.2) is 64.5 Å². The Balaban J connectivity index is 1.59. The third-order valence-corrected chi connectivity index (χ3v) is 8.41. The maximum atomic E-state index is 13.2. The Morgan fingerprint density at radius 1 is 0.943 bits per heavy atom. The van der Waals surface area contributed by atoms with E-state index in [1.54, 1.807) is 19.1 Å². The zero-order valence-electron chi connectivity index (χ0n) is 20.8. The number of carbonyl (C=O) groups excluding carboxylic acids is 1. The zero-order valence-corrected chi connectivity index (χ0v) is 21.6. The summed E-state index contributed by atoms with van der Waals surface area (Å²) in [5.41, 5.74) is 0.934. The van der Waals surface area contributed by atoms with Gasteiger partial charge in [-0.05, 0) is 87.7 Å². The first-order chi connectivity index (χ1) is 16.9. The van der Waals surface area contributed by atoms with E-state index in [4.69, 9.17) is 14.2 Å². The van der Waals surface area contributed by atoms with Gasteiger partial charge in [0.1, 0.15) is 18.1 Å². The Labute approximate surface area is 209 Å². The van der Waals surface area contributed by atoms with Crippen molar-refractivity contribution >= 4 is 15.8 Å². The molecule has 2 aromatic rings. The molecule has 8 heteroatoms. The lowest BCUT2D eigenvalue weighted by Gasteiger charge is -2.19. The fraction of sp³-hybridized carbons (Fsp3) is 0.519. The summed E-state index contributed by atoms with van der Waals surface area (Å²) in [6.45, 7) is 5.64. The second-order valence-corrected chi connectivity index (χ2v) is 10.9. The predicted octanol–water partition coefficient (Wildman–Crippen LogP) is 4.29. The number of nitrogens with zero attached hydrogens (tertiary/aromatic N) is 1. The third kappa shape index (κ3) is 7.97. The van der Waals surface area contributed by atoms with E-state index in [0.29, 0.717) is 18.8 Å². The van der Waals surface area contributed by atoms with E-state index in [2.05, 4.69) is 4.90 Å². The quantitative estimate of drug-likeness (QED) is 0.400. The largest absolute Gasteiger partial charge is 0.497 e. The Hall–Kier alpha value is -2.58. The van der Waals surface area contributed by atoms with Crippen molar-refractivity contribution in [2.75, 3.05) is 40.0 Å². The lowest BCUT2D eigenvalue weighted by molar-refractivity contribution is -0.142. The molecule has 0 N–H and O–H groups in total. The SMILES string of the molecule is CCOC(=O)C(CCc1ccc(OCCN2CCCCCC2)cc1)S(=O)(=O)c1ccc(OC)cc1. The molecule has 1 atom stereocenters. The highest BCUT2D eigenvalue weighted by molar-refractivity contribution is 7.92. The number of benzene rings is 2. The van der Waals surface area contributed by atoms with Crippen LogP contribution in [-0.2, 0) is 25.8 Å². The molecule has 3 rings (SSSR count). The minimum Gasteiger partial charge on any atom is -0.497 e. The second kappa shape index (κ2) is 13.5. The van der Waals surface area contributed by atoms with Crippen molar-refractivity contribution in [2.45, 2.75) is 55.6 Å². The molecule has 0 bridgehead atoms. The molecular formula is C27H37NO6S. The highest BCUT2D eigenvalue weighted by Crippen LogP contribution is 2.24. The lowest BCUT2D eigenvalue weighted by atomic mass is 10.1. The van der Waals surface area contributed by atoms with Crippen LogP contribution in [0.1, 0.15) is 44.6 Å². The monoisotopic (exact) mass is 503 g/mol. The molecule has 1 aliphatic heterocycles. The van der Waals surface area contributed by atoms with Gasteiger partial charge in [0.25, 0.3) is 0 Å². The van der Waals surface area contributed by atoms with Gasteiger partial charge >= 0.3 is 5.97 Å². The fourth-order valence-corrected chi connectivity index (χ4v) is 5.86. The summed E-state index contributed by atoms with van der Waals surface area (Å²) < 4.78 is 42.6. The normalized spacial score (nSPS) is 15.7. The second-order valence-electron chi connectivity index (χ2n) is 8.75. The highest BCUT2D eigenvalue weighted by Gasteiger charge is 2.35. The van der Waals surface area contributed by atoms with Crippen LogP contribution in [0.2, 0.25) is 0 Å². The molecular weight excluding hydrogens is 466 g/mol. The van der Waals surface area contributed by atoms with Gasteiger partial charge < -0.3 is 14.2 Å². The average molecular weight is 504 g/mol. The molecule has 192 valence electrons. The molecule has 0 saturated carbocycles. The van der Waals surface area contributed by atoms with E-state index in [1.807, 2.05) is 24.3 Å². The lowest BCUT2D eigenvalue weighted by Crippen LogP contribution is -2.32. The van der Waals surface area contributed by atoms with Crippen LogP contribution in [0.25, 0.3) is 0 Å². The summed E-state index contributed by atoms with van der Waals surface area (Å²) in [5, 5.41) is -1.28. The maximum absolute atomic E-state index is 13.2. The first-order valence-electron chi connectivity index (χ1n) is 12.4. The number of sulfone groups is 1. The van der Waals surface area contributed by atoms with Crippen LogP contribution in [0.3, 0.4) is 0 Å². The van der Waals surface area contributed by atoms with E-state index in [0.717, 1.165) is 30.9 Å². The van der Waals surface area contributed by atoms with Crippen molar-refractivity contribution in [3.63, 3.8) is 0 Å². The van der Waals surface area contributed by atoms with E-state index in [9.17, 15) is 13.2 Å². The number of likely N-dealkylation sites (tertiary alicyclic amines) is 1. The van der Waals surface area contributed by atoms with Crippen LogP contribution in [0.5, 0.6) is 11.5 Å². The number of hydrogen-bond donors (Lipinski definition) is 0. The molecule has 35 heavy (non-hydrogen) atoms. The average Bonchev–Trinajstić information content (AvgIpc) is 3.14. The minimum atomic E-state index is -3.91. The Morgan fingerprint density at radius 2 is 1.57 bits per heavy atom. The topological polar surface area (TPSA) is 82.1 Å². The molecule has 1 fully saturated rings. The van der Waals surface area contributed by atoms with Crippen molar-refractivity contribution in [1.29, 1.82) is 0 Å². The third-order valence-electron chi connectivity index (χ3n) is 6.31. The number of rotatable bonds is 12. The van der Waals surface area contributed by atoms with E-state index in [1.165, 1.54) is 44.9 Å². The van der Waals surface area contributed by atoms with Gasteiger partial charge in [-0.25, -0.2) is 8.42 Å². The number of esters is 1. The summed E-state index contributed by atoms with van der Waals surface area (Å²) in [6, 6.07) is 13.7. The van der Waals surface area contributed by atoms with E-state index < -0.39 is 21.1 Å². The summed E-state index contributed by atoms with van der Waals surface area (Å²) in [5.74, 6) is 0.610. The summed E-state index contributed by atoms with van der Waals surface area (Å²) in [4.78, 5) is 15.1. The molecule has 0 aromatic heterocycles. The van der Waals surface area contributed by atoms with E-state index in [-0.39, 0.29) is 17.9 Å². The van der Waals surface area contributed by atoms with Gasteiger partial charge in [-0.1, -0.05) is 25.0 Å². The van der Waals surface area contributed by atoms with Gasteiger partial charge in [-0.3, -0.25) is 9.69 Å². The molecule has 0 spiro atoms. The van der Waals surface area contributed by atoms with Crippen molar-refractivity contribution < 1.29 is 27.4 Å². The molecule has 0 aliphatic carbocycles. The minimum absolute atomic E-state index is 0.0736. The predicted molar refractivity (Wildman–Crippen MR) is 136 cm³/mol. The van der Waals surface area contributed by atoms with Gasteiger partial charge in [0.05, 0.1) is 18.6 Å².